The standard InChI is InChI=1S/C18H25N3O2/c1-4-5-6-7-11(2)19-17(22)14-10-15(13-8-9-13)20-18-16(14)12(3)21-23-18/h10-11,13H,4-9H2,1-3H3,(H,19,22). The fourth-order valence-corrected chi connectivity index (χ4v) is 2.96. The van der Waals surface area contributed by atoms with Crippen molar-refractivity contribution in [3.05, 3.63) is 23.0 Å². The van der Waals surface area contributed by atoms with Gasteiger partial charge in [-0.2, -0.15) is 0 Å². The number of rotatable bonds is 7. The van der Waals surface area contributed by atoms with Crippen LogP contribution in [0.15, 0.2) is 10.6 Å². The van der Waals surface area contributed by atoms with Gasteiger partial charge in [0, 0.05) is 17.7 Å². The van der Waals surface area contributed by atoms with Gasteiger partial charge in [0.25, 0.3) is 11.6 Å². The van der Waals surface area contributed by atoms with Crippen LogP contribution in [0.5, 0.6) is 0 Å². The Morgan fingerprint density at radius 3 is 2.91 bits per heavy atom. The second kappa shape index (κ2) is 6.69. The van der Waals surface area contributed by atoms with E-state index in [0.717, 1.165) is 42.5 Å². The molecule has 1 fully saturated rings. The lowest BCUT2D eigenvalue weighted by atomic mass is 10.1. The first-order valence-electron chi connectivity index (χ1n) is 8.68. The van der Waals surface area contributed by atoms with E-state index >= 15 is 0 Å². The molecule has 1 N–H and O–H groups in total. The van der Waals surface area contributed by atoms with Crippen LogP contribution in [0.3, 0.4) is 0 Å². The number of nitrogens with zero attached hydrogens (tertiary/aromatic N) is 2. The van der Waals surface area contributed by atoms with Crippen LogP contribution >= 0.6 is 0 Å². The Labute approximate surface area is 136 Å². The van der Waals surface area contributed by atoms with Crippen LogP contribution in [-0.2, 0) is 0 Å². The molecule has 1 aliphatic carbocycles. The number of pyridine rings is 1. The summed E-state index contributed by atoms with van der Waals surface area (Å²) in [6.45, 7) is 6.10. The van der Waals surface area contributed by atoms with Crippen LogP contribution < -0.4 is 5.32 Å². The molecule has 0 radical (unpaired) electrons. The number of aryl methyl sites for hydroxylation is 1. The molecule has 3 rings (SSSR count). The highest BCUT2D eigenvalue weighted by Crippen LogP contribution is 2.40. The Balaban J connectivity index is 1.82. The van der Waals surface area contributed by atoms with Gasteiger partial charge in [0.1, 0.15) is 0 Å². The third-order valence-electron chi connectivity index (χ3n) is 4.50. The SMILES string of the molecule is CCCCCC(C)NC(=O)c1cc(C2CC2)nc2onc(C)c12. The minimum atomic E-state index is -0.0467. The fourth-order valence-electron chi connectivity index (χ4n) is 2.96. The maximum Gasteiger partial charge on any atom is 0.259 e. The first-order chi connectivity index (χ1) is 11.1. The highest BCUT2D eigenvalue weighted by molar-refractivity contribution is 6.06. The summed E-state index contributed by atoms with van der Waals surface area (Å²) in [6, 6.07) is 2.10. The molecule has 1 saturated carbocycles. The molecular weight excluding hydrogens is 290 g/mol. The number of amides is 1. The predicted octanol–water partition coefficient (Wildman–Crippen LogP) is 4.11. The first kappa shape index (κ1) is 16.0. The second-order valence-corrected chi connectivity index (χ2v) is 6.69. The zero-order chi connectivity index (χ0) is 16.4. The van der Waals surface area contributed by atoms with E-state index in [0.29, 0.717) is 17.2 Å². The average Bonchev–Trinajstić information content (AvgIpc) is 3.31. The average molecular weight is 315 g/mol. The van der Waals surface area contributed by atoms with Crippen molar-refractivity contribution in [3.63, 3.8) is 0 Å². The molecule has 5 nitrogen and oxygen atoms in total. The smallest absolute Gasteiger partial charge is 0.259 e. The number of hydrogen-bond acceptors (Lipinski definition) is 4. The summed E-state index contributed by atoms with van der Waals surface area (Å²) in [5.74, 6) is 0.424. The van der Waals surface area contributed by atoms with Crippen molar-refractivity contribution in [2.45, 2.75) is 71.3 Å². The lowest BCUT2D eigenvalue weighted by Crippen LogP contribution is -2.32. The minimum Gasteiger partial charge on any atom is -0.350 e. The van der Waals surface area contributed by atoms with E-state index in [9.17, 15) is 4.79 Å². The van der Waals surface area contributed by atoms with E-state index < -0.39 is 0 Å². The van der Waals surface area contributed by atoms with E-state index in [4.69, 9.17) is 4.52 Å². The van der Waals surface area contributed by atoms with Gasteiger partial charge in [0.2, 0.25) is 0 Å². The molecule has 0 aromatic carbocycles. The molecule has 124 valence electrons. The fraction of sp³-hybridized carbons (Fsp3) is 0.611. The highest BCUT2D eigenvalue weighted by Gasteiger charge is 2.28. The minimum absolute atomic E-state index is 0.0467. The highest BCUT2D eigenvalue weighted by atomic mass is 16.5. The summed E-state index contributed by atoms with van der Waals surface area (Å²) in [7, 11) is 0. The van der Waals surface area contributed by atoms with Gasteiger partial charge in [0.15, 0.2) is 0 Å². The van der Waals surface area contributed by atoms with Gasteiger partial charge < -0.3 is 9.84 Å². The quantitative estimate of drug-likeness (QED) is 0.781. The Bertz CT molecular complexity index is 704. The van der Waals surface area contributed by atoms with E-state index in [1.54, 1.807) is 0 Å². The summed E-state index contributed by atoms with van der Waals surface area (Å²) >= 11 is 0. The topological polar surface area (TPSA) is 68.0 Å². The van der Waals surface area contributed by atoms with Crippen LogP contribution in [0.1, 0.15) is 80.0 Å². The van der Waals surface area contributed by atoms with Crippen molar-refractivity contribution in [1.29, 1.82) is 0 Å². The first-order valence-corrected chi connectivity index (χ1v) is 8.68. The van der Waals surface area contributed by atoms with E-state index in [1.807, 2.05) is 13.0 Å². The summed E-state index contributed by atoms with van der Waals surface area (Å²) in [4.78, 5) is 17.3. The van der Waals surface area contributed by atoms with Gasteiger partial charge in [-0.1, -0.05) is 31.3 Å². The summed E-state index contributed by atoms with van der Waals surface area (Å²) in [6.07, 6.45) is 6.82. The van der Waals surface area contributed by atoms with E-state index in [2.05, 4.69) is 29.3 Å². The number of fused-ring (bicyclic) bond motifs is 1. The zero-order valence-electron chi connectivity index (χ0n) is 14.2. The Morgan fingerprint density at radius 2 is 2.22 bits per heavy atom. The Morgan fingerprint density at radius 1 is 1.43 bits per heavy atom. The molecule has 0 bridgehead atoms. The Kier molecular flexibility index (Phi) is 4.64. The normalized spacial score (nSPS) is 15.8. The second-order valence-electron chi connectivity index (χ2n) is 6.69. The maximum atomic E-state index is 12.7. The molecule has 23 heavy (non-hydrogen) atoms. The summed E-state index contributed by atoms with van der Waals surface area (Å²) < 4.78 is 5.30. The number of unbranched alkanes of at least 4 members (excludes halogenated alkanes) is 2. The number of aromatic nitrogens is 2. The van der Waals surface area contributed by atoms with Gasteiger partial charge in [-0.15, -0.1) is 0 Å². The van der Waals surface area contributed by atoms with E-state index in [1.165, 1.54) is 12.8 Å². The molecule has 1 aliphatic rings. The molecule has 0 saturated heterocycles. The Hall–Kier alpha value is -1.91. The van der Waals surface area contributed by atoms with E-state index in [-0.39, 0.29) is 11.9 Å². The molecule has 2 aromatic heterocycles. The molecule has 1 atom stereocenters. The number of carbonyl (C=O) groups excluding carboxylic acids is 1. The molecule has 1 amide bonds. The third kappa shape index (κ3) is 3.54. The monoisotopic (exact) mass is 315 g/mol. The number of nitrogens with one attached hydrogen (secondary N) is 1. The molecule has 2 aromatic rings. The van der Waals surface area contributed by atoms with Gasteiger partial charge >= 0.3 is 0 Å². The molecule has 0 aliphatic heterocycles. The molecule has 2 heterocycles. The lowest BCUT2D eigenvalue weighted by molar-refractivity contribution is 0.0939. The number of carbonyl (C=O) groups is 1. The summed E-state index contributed by atoms with van der Waals surface area (Å²) in [5.41, 5.74) is 2.81. The zero-order valence-corrected chi connectivity index (χ0v) is 14.2. The van der Waals surface area contributed by atoms with Crippen molar-refractivity contribution >= 4 is 17.0 Å². The largest absolute Gasteiger partial charge is 0.350 e. The maximum absolute atomic E-state index is 12.7. The van der Waals surface area contributed by atoms with Crippen LogP contribution in [0.4, 0.5) is 0 Å². The number of hydrogen-bond donors (Lipinski definition) is 1. The van der Waals surface area contributed by atoms with Crippen LogP contribution in [0, 0.1) is 6.92 Å². The van der Waals surface area contributed by atoms with Crippen molar-refractivity contribution in [2.75, 3.05) is 0 Å². The van der Waals surface area contributed by atoms with Crippen molar-refractivity contribution in [1.82, 2.24) is 15.5 Å². The molecular formula is C18H25N3O2. The van der Waals surface area contributed by atoms with Crippen molar-refractivity contribution in [3.8, 4) is 0 Å². The van der Waals surface area contributed by atoms with Gasteiger partial charge in [0.05, 0.1) is 16.6 Å². The van der Waals surface area contributed by atoms with Gasteiger partial charge in [-0.3, -0.25) is 4.79 Å². The predicted molar refractivity (Wildman–Crippen MR) is 89.6 cm³/mol. The van der Waals surface area contributed by atoms with Crippen LogP contribution in [-0.4, -0.2) is 22.1 Å². The van der Waals surface area contributed by atoms with Crippen LogP contribution in [0.25, 0.3) is 11.1 Å². The lowest BCUT2D eigenvalue weighted by Gasteiger charge is -2.14. The molecule has 0 spiro atoms. The molecule has 5 heteroatoms. The van der Waals surface area contributed by atoms with Crippen molar-refractivity contribution < 1.29 is 9.32 Å². The molecule has 1 unspecified atom stereocenters. The third-order valence-corrected chi connectivity index (χ3v) is 4.50. The summed E-state index contributed by atoms with van der Waals surface area (Å²) in [5, 5.41) is 7.84. The van der Waals surface area contributed by atoms with Gasteiger partial charge in [-0.25, -0.2) is 4.98 Å². The van der Waals surface area contributed by atoms with Crippen LogP contribution in [0.2, 0.25) is 0 Å². The van der Waals surface area contributed by atoms with Gasteiger partial charge in [-0.05, 0) is 39.2 Å². The van der Waals surface area contributed by atoms with Crippen molar-refractivity contribution in [2.24, 2.45) is 0 Å².